The average molecular weight is 324 g/mol. The van der Waals surface area contributed by atoms with E-state index >= 15 is 0 Å². The van der Waals surface area contributed by atoms with Crippen LogP contribution in [0.1, 0.15) is 21.6 Å². The van der Waals surface area contributed by atoms with Crippen LogP contribution < -0.4 is 10.0 Å². The number of hydrogen-bond donors (Lipinski definition) is 2. The smallest absolute Gasteiger partial charge is 0.216 e. The minimum Gasteiger partial charge on any atom is -0.316 e. The van der Waals surface area contributed by atoms with E-state index in [0.717, 1.165) is 28.1 Å². The van der Waals surface area contributed by atoms with Crippen LogP contribution in [0.25, 0.3) is 0 Å². The molecule has 0 spiro atoms. The van der Waals surface area contributed by atoms with Crippen LogP contribution in [0.15, 0.2) is 35.7 Å². The molecular weight excluding hydrogens is 304 g/mol. The van der Waals surface area contributed by atoms with E-state index in [2.05, 4.69) is 10.0 Å². The average Bonchev–Trinajstić information content (AvgIpc) is 2.84. The Morgan fingerprint density at radius 3 is 2.29 bits per heavy atom. The number of thiophene rings is 1. The SMILES string of the molecule is CNCc1ccc(CS(=O)(=O)NCc2sccc2C)cc1. The van der Waals surface area contributed by atoms with Gasteiger partial charge in [0.05, 0.1) is 5.75 Å². The second kappa shape index (κ2) is 7.17. The van der Waals surface area contributed by atoms with E-state index in [1.165, 1.54) is 0 Å². The van der Waals surface area contributed by atoms with Crippen molar-refractivity contribution >= 4 is 21.4 Å². The lowest BCUT2D eigenvalue weighted by atomic mass is 10.1. The summed E-state index contributed by atoms with van der Waals surface area (Å²) in [5.74, 6) is 0.0112. The van der Waals surface area contributed by atoms with Gasteiger partial charge in [0.2, 0.25) is 10.0 Å². The number of sulfonamides is 1. The van der Waals surface area contributed by atoms with Crippen LogP contribution in [0.2, 0.25) is 0 Å². The van der Waals surface area contributed by atoms with E-state index in [4.69, 9.17) is 0 Å². The van der Waals surface area contributed by atoms with E-state index in [1.54, 1.807) is 11.3 Å². The number of benzene rings is 1. The highest BCUT2D eigenvalue weighted by Crippen LogP contribution is 2.16. The molecule has 0 aliphatic carbocycles. The Morgan fingerprint density at radius 1 is 1.05 bits per heavy atom. The quantitative estimate of drug-likeness (QED) is 0.822. The molecule has 6 heteroatoms. The molecule has 4 nitrogen and oxygen atoms in total. The molecule has 21 heavy (non-hydrogen) atoms. The van der Waals surface area contributed by atoms with Gasteiger partial charge in [0.25, 0.3) is 0 Å². The predicted octanol–water partition coefficient (Wildman–Crippen LogP) is 2.40. The summed E-state index contributed by atoms with van der Waals surface area (Å²) in [6.07, 6.45) is 0. The summed E-state index contributed by atoms with van der Waals surface area (Å²) in [6, 6.07) is 9.62. The van der Waals surface area contributed by atoms with Crippen LogP contribution in [0.5, 0.6) is 0 Å². The third-order valence-corrected chi connectivity index (χ3v) is 5.50. The molecule has 2 aromatic rings. The zero-order valence-electron chi connectivity index (χ0n) is 12.2. The lowest BCUT2D eigenvalue weighted by Crippen LogP contribution is -2.24. The van der Waals surface area contributed by atoms with Crippen molar-refractivity contribution in [1.29, 1.82) is 0 Å². The molecule has 1 heterocycles. The Morgan fingerprint density at radius 2 is 1.71 bits per heavy atom. The first-order valence-electron chi connectivity index (χ1n) is 6.73. The zero-order valence-corrected chi connectivity index (χ0v) is 13.9. The molecule has 1 aromatic heterocycles. The van der Waals surface area contributed by atoms with Gasteiger partial charge in [-0.25, -0.2) is 13.1 Å². The van der Waals surface area contributed by atoms with Gasteiger partial charge in [-0.05, 0) is 42.1 Å². The topological polar surface area (TPSA) is 58.2 Å². The number of hydrogen-bond acceptors (Lipinski definition) is 4. The second-order valence-electron chi connectivity index (χ2n) is 4.95. The molecule has 0 fully saturated rings. The largest absolute Gasteiger partial charge is 0.316 e. The first-order chi connectivity index (χ1) is 10.00. The van der Waals surface area contributed by atoms with Crippen LogP contribution in [0.3, 0.4) is 0 Å². The fourth-order valence-corrected chi connectivity index (χ4v) is 4.02. The van der Waals surface area contributed by atoms with Gasteiger partial charge in [-0.2, -0.15) is 0 Å². The Balaban J connectivity index is 1.95. The van der Waals surface area contributed by atoms with Gasteiger partial charge in [-0.3, -0.25) is 0 Å². The van der Waals surface area contributed by atoms with Crippen LogP contribution in [-0.4, -0.2) is 15.5 Å². The van der Waals surface area contributed by atoms with Gasteiger partial charge in [0.15, 0.2) is 0 Å². The van der Waals surface area contributed by atoms with E-state index in [9.17, 15) is 8.42 Å². The van der Waals surface area contributed by atoms with Gasteiger partial charge >= 0.3 is 0 Å². The van der Waals surface area contributed by atoms with Crippen molar-refractivity contribution in [2.24, 2.45) is 0 Å². The Labute approximate surface area is 130 Å². The summed E-state index contributed by atoms with van der Waals surface area (Å²) in [6.45, 7) is 3.13. The molecule has 0 amide bonds. The van der Waals surface area contributed by atoms with Crippen molar-refractivity contribution in [1.82, 2.24) is 10.0 Å². The lowest BCUT2D eigenvalue weighted by molar-refractivity contribution is 0.581. The number of rotatable bonds is 7. The van der Waals surface area contributed by atoms with Gasteiger partial charge in [0, 0.05) is 18.0 Å². The summed E-state index contributed by atoms with van der Waals surface area (Å²) < 4.78 is 26.9. The third kappa shape index (κ3) is 4.93. The zero-order chi connectivity index (χ0) is 15.3. The molecule has 0 unspecified atom stereocenters. The van der Waals surface area contributed by atoms with Crippen molar-refractivity contribution < 1.29 is 8.42 Å². The molecule has 0 aliphatic rings. The lowest BCUT2D eigenvalue weighted by Gasteiger charge is -2.07. The first-order valence-corrected chi connectivity index (χ1v) is 9.26. The van der Waals surface area contributed by atoms with E-state index < -0.39 is 10.0 Å². The van der Waals surface area contributed by atoms with Crippen LogP contribution in [-0.2, 0) is 28.9 Å². The van der Waals surface area contributed by atoms with E-state index in [0.29, 0.717) is 6.54 Å². The minimum atomic E-state index is -3.31. The van der Waals surface area contributed by atoms with E-state index in [-0.39, 0.29) is 5.75 Å². The predicted molar refractivity (Wildman–Crippen MR) is 87.7 cm³/mol. The van der Waals surface area contributed by atoms with Crippen LogP contribution in [0.4, 0.5) is 0 Å². The summed E-state index contributed by atoms with van der Waals surface area (Å²) in [5, 5.41) is 5.04. The van der Waals surface area contributed by atoms with Crippen LogP contribution >= 0.6 is 11.3 Å². The van der Waals surface area contributed by atoms with Crippen molar-refractivity contribution in [2.45, 2.75) is 25.8 Å². The Kier molecular flexibility index (Phi) is 5.52. The molecule has 0 aliphatic heterocycles. The fraction of sp³-hybridized carbons (Fsp3) is 0.333. The Bertz CT molecular complexity index is 676. The first kappa shape index (κ1) is 16.2. The maximum Gasteiger partial charge on any atom is 0.216 e. The van der Waals surface area contributed by atoms with Crippen LogP contribution in [0, 0.1) is 6.92 Å². The highest BCUT2D eigenvalue weighted by molar-refractivity contribution is 7.88. The van der Waals surface area contributed by atoms with Crippen molar-refractivity contribution in [3.63, 3.8) is 0 Å². The molecular formula is C15H20N2O2S2. The number of nitrogens with one attached hydrogen (secondary N) is 2. The monoisotopic (exact) mass is 324 g/mol. The molecule has 1 aromatic carbocycles. The summed E-state index contributed by atoms with van der Waals surface area (Å²) in [4.78, 5) is 1.06. The van der Waals surface area contributed by atoms with Gasteiger partial charge in [-0.1, -0.05) is 24.3 Å². The number of aryl methyl sites for hydroxylation is 1. The molecule has 2 rings (SSSR count). The minimum absolute atomic E-state index is 0.0112. The molecule has 114 valence electrons. The summed E-state index contributed by atoms with van der Waals surface area (Å²) >= 11 is 1.57. The molecule has 0 atom stereocenters. The highest BCUT2D eigenvalue weighted by atomic mass is 32.2. The molecule has 0 radical (unpaired) electrons. The third-order valence-electron chi connectivity index (χ3n) is 3.18. The standard InChI is InChI=1S/C15H20N2O2S2/c1-12-7-8-20-15(12)10-17-21(18,19)11-14-5-3-13(4-6-14)9-16-2/h3-8,16-17H,9-11H2,1-2H3. The van der Waals surface area contributed by atoms with Crippen molar-refractivity contribution in [3.05, 3.63) is 57.3 Å². The van der Waals surface area contributed by atoms with E-state index in [1.807, 2.05) is 49.7 Å². The maximum absolute atomic E-state index is 12.1. The maximum atomic E-state index is 12.1. The van der Waals surface area contributed by atoms with Gasteiger partial charge in [-0.15, -0.1) is 11.3 Å². The van der Waals surface area contributed by atoms with Gasteiger partial charge in [0.1, 0.15) is 0 Å². The van der Waals surface area contributed by atoms with Crippen molar-refractivity contribution in [3.8, 4) is 0 Å². The molecule has 0 saturated carbocycles. The highest BCUT2D eigenvalue weighted by Gasteiger charge is 2.12. The molecule has 0 saturated heterocycles. The summed E-state index contributed by atoms with van der Waals surface area (Å²) in [5.41, 5.74) is 3.06. The molecule has 2 N–H and O–H groups in total. The van der Waals surface area contributed by atoms with Gasteiger partial charge < -0.3 is 5.32 Å². The fourth-order valence-electron chi connectivity index (χ4n) is 1.99. The van der Waals surface area contributed by atoms with Crippen molar-refractivity contribution in [2.75, 3.05) is 7.05 Å². The molecule has 0 bridgehead atoms. The Hall–Kier alpha value is -1.21. The normalized spacial score (nSPS) is 11.7. The second-order valence-corrected chi connectivity index (χ2v) is 7.76. The summed E-state index contributed by atoms with van der Waals surface area (Å²) in [7, 11) is -1.43.